The van der Waals surface area contributed by atoms with Crippen LogP contribution in [-0.4, -0.2) is 19.5 Å². The van der Waals surface area contributed by atoms with Crippen LogP contribution in [0.3, 0.4) is 0 Å². The Morgan fingerprint density at radius 1 is 0.412 bits per heavy atom. The van der Waals surface area contributed by atoms with E-state index in [-0.39, 0.29) is 0 Å². The zero-order valence-electron chi connectivity index (χ0n) is 27.4. The fourth-order valence-electron chi connectivity index (χ4n) is 7.48. The molecule has 9 aromatic rings. The molecular formula is C45H29N4OP. The highest BCUT2D eigenvalue weighted by Crippen LogP contribution is 2.53. The van der Waals surface area contributed by atoms with Gasteiger partial charge in [-0.2, -0.15) is 0 Å². The monoisotopic (exact) mass is 672 g/mol. The predicted molar refractivity (Wildman–Crippen MR) is 209 cm³/mol. The summed E-state index contributed by atoms with van der Waals surface area (Å²) in [7, 11) is -3.07. The molecule has 7 aromatic carbocycles. The van der Waals surface area contributed by atoms with Crippen LogP contribution in [0, 0.1) is 0 Å². The Bertz CT molecular complexity index is 2760. The number of hydrogen-bond donors (Lipinski definition) is 0. The minimum absolute atomic E-state index is 0.613. The maximum absolute atomic E-state index is 15.3. The molecule has 0 bridgehead atoms. The lowest BCUT2D eigenvalue weighted by atomic mass is 10.0. The molecule has 10 rings (SSSR count). The van der Waals surface area contributed by atoms with Gasteiger partial charge in [-0.05, 0) is 53.6 Å². The average Bonchev–Trinajstić information content (AvgIpc) is 3.67. The highest BCUT2D eigenvalue weighted by molar-refractivity contribution is 7.86. The molecule has 6 heteroatoms. The molecule has 1 aliphatic heterocycles. The van der Waals surface area contributed by atoms with Crippen LogP contribution in [0.1, 0.15) is 0 Å². The largest absolute Gasteiger partial charge is 0.309 e. The van der Waals surface area contributed by atoms with Gasteiger partial charge in [0.05, 0.1) is 11.0 Å². The summed E-state index contributed by atoms with van der Waals surface area (Å²) in [6, 6.07) is 59.5. The maximum atomic E-state index is 15.3. The van der Waals surface area contributed by atoms with Gasteiger partial charge in [-0.3, -0.25) is 0 Å². The second kappa shape index (κ2) is 11.6. The fraction of sp³-hybridized carbons (Fsp3) is 0. The zero-order valence-corrected chi connectivity index (χ0v) is 28.3. The summed E-state index contributed by atoms with van der Waals surface area (Å²) in [4.78, 5) is 14.7. The van der Waals surface area contributed by atoms with Crippen LogP contribution in [-0.2, 0) is 4.57 Å². The molecule has 0 fully saturated rings. The number of aromatic nitrogens is 4. The van der Waals surface area contributed by atoms with Gasteiger partial charge in [-0.1, -0.05) is 133 Å². The normalized spacial score (nSPS) is 14.8. The van der Waals surface area contributed by atoms with Crippen molar-refractivity contribution in [1.82, 2.24) is 19.5 Å². The Hall–Kier alpha value is -6.42. The van der Waals surface area contributed by atoms with E-state index in [1.807, 2.05) is 109 Å². The lowest BCUT2D eigenvalue weighted by Crippen LogP contribution is -2.20. The Balaban J connectivity index is 1.14. The number of para-hydroxylation sites is 1. The summed E-state index contributed by atoms with van der Waals surface area (Å²) >= 11 is 0. The highest BCUT2D eigenvalue weighted by atomic mass is 31.2. The molecule has 1 aliphatic rings. The molecule has 2 aromatic heterocycles. The number of hydrogen-bond acceptors (Lipinski definition) is 4. The standard InChI is InChI=1S/C45H29N4OP/c50-51(34-18-8-3-9-19-34)41-23-13-11-21-36(41)38-28-40-37(29-42(38)51)35-20-10-12-22-39(35)49(40)33-26-24-32(25-27-33)45-47-43(30-14-4-1-5-15-30)46-44(48-45)31-16-6-2-7-17-31/h1-29H. The second-order valence-corrected chi connectivity index (χ2v) is 15.5. The average molecular weight is 673 g/mol. The number of benzene rings is 7. The summed E-state index contributed by atoms with van der Waals surface area (Å²) in [5.74, 6) is 1.88. The van der Waals surface area contributed by atoms with Gasteiger partial charge in [0, 0.05) is 49.1 Å². The Morgan fingerprint density at radius 3 is 1.59 bits per heavy atom. The fourth-order valence-corrected chi connectivity index (χ4v) is 10.6. The van der Waals surface area contributed by atoms with Crippen LogP contribution < -0.4 is 15.9 Å². The smallest absolute Gasteiger partial charge is 0.172 e. The van der Waals surface area contributed by atoms with Crippen LogP contribution in [0.25, 0.3) is 72.8 Å². The molecule has 0 amide bonds. The molecule has 0 spiro atoms. The lowest BCUT2D eigenvalue weighted by molar-refractivity contribution is 0.593. The van der Waals surface area contributed by atoms with Gasteiger partial charge in [0.2, 0.25) is 0 Å². The SMILES string of the molecule is O=P1(c2ccccc2)c2ccccc2-c2cc3c(cc21)c1ccccc1n3-c1ccc(-c2nc(-c3ccccc3)nc(-c3ccccc3)n2)cc1. The van der Waals surface area contributed by atoms with E-state index < -0.39 is 7.14 Å². The van der Waals surface area contributed by atoms with Crippen molar-refractivity contribution in [2.75, 3.05) is 0 Å². The van der Waals surface area contributed by atoms with Crippen molar-refractivity contribution >= 4 is 44.9 Å². The van der Waals surface area contributed by atoms with Crippen LogP contribution >= 0.6 is 7.14 Å². The summed E-state index contributed by atoms with van der Waals surface area (Å²) in [6.45, 7) is 0. The Labute approximate surface area is 294 Å². The van der Waals surface area contributed by atoms with Crippen molar-refractivity contribution in [1.29, 1.82) is 0 Å². The van der Waals surface area contributed by atoms with Crippen LogP contribution in [0.15, 0.2) is 176 Å². The first-order chi connectivity index (χ1) is 25.2. The van der Waals surface area contributed by atoms with Crippen molar-refractivity contribution in [2.45, 2.75) is 0 Å². The van der Waals surface area contributed by atoms with Crippen molar-refractivity contribution in [3.63, 3.8) is 0 Å². The minimum atomic E-state index is -3.07. The zero-order chi connectivity index (χ0) is 33.9. The summed E-state index contributed by atoms with van der Waals surface area (Å²) < 4.78 is 17.6. The molecule has 3 heterocycles. The molecule has 1 unspecified atom stereocenters. The summed E-state index contributed by atoms with van der Waals surface area (Å²) in [5.41, 5.74) is 8.00. The van der Waals surface area contributed by atoms with Crippen molar-refractivity contribution in [3.8, 4) is 51.0 Å². The van der Waals surface area contributed by atoms with E-state index in [1.54, 1.807) is 0 Å². The van der Waals surface area contributed by atoms with E-state index >= 15 is 4.57 Å². The van der Waals surface area contributed by atoms with Gasteiger partial charge in [0.25, 0.3) is 0 Å². The number of nitrogens with zero attached hydrogens (tertiary/aromatic N) is 4. The third kappa shape index (κ3) is 4.63. The molecule has 0 aliphatic carbocycles. The maximum Gasteiger partial charge on any atom is 0.172 e. The van der Waals surface area contributed by atoms with Crippen molar-refractivity contribution in [2.24, 2.45) is 0 Å². The quantitative estimate of drug-likeness (QED) is 0.171. The van der Waals surface area contributed by atoms with E-state index in [9.17, 15) is 0 Å². The van der Waals surface area contributed by atoms with Crippen LogP contribution in [0.2, 0.25) is 0 Å². The van der Waals surface area contributed by atoms with Crippen molar-refractivity contribution < 1.29 is 4.57 Å². The summed E-state index contributed by atoms with van der Waals surface area (Å²) in [5, 5.41) is 4.86. The van der Waals surface area contributed by atoms with E-state index in [1.165, 1.54) is 0 Å². The first-order valence-electron chi connectivity index (χ1n) is 17.0. The Kier molecular flexibility index (Phi) is 6.70. The molecule has 0 radical (unpaired) electrons. The van der Waals surface area contributed by atoms with Gasteiger partial charge < -0.3 is 9.13 Å². The van der Waals surface area contributed by atoms with E-state index in [2.05, 4.69) is 71.3 Å². The van der Waals surface area contributed by atoms with Gasteiger partial charge in [0.1, 0.15) is 0 Å². The molecule has 0 N–H and O–H groups in total. The molecule has 240 valence electrons. The van der Waals surface area contributed by atoms with Gasteiger partial charge in [-0.25, -0.2) is 15.0 Å². The van der Waals surface area contributed by atoms with Crippen LogP contribution in [0.4, 0.5) is 0 Å². The predicted octanol–water partition coefficient (Wildman–Crippen LogP) is 9.59. The highest BCUT2D eigenvalue weighted by Gasteiger charge is 2.40. The van der Waals surface area contributed by atoms with Gasteiger partial charge in [0.15, 0.2) is 24.6 Å². The third-order valence-electron chi connectivity index (χ3n) is 9.87. The lowest BCUT2D eigenvalue weighted by Gasteiger charge is -2.16. The first-order valence-corrected chi connectivity index (χ1v) is 18.7. The van der Waals surface area contributed by atoms with E-state index in [0.29, 0.717) is 17.5 Å². The third-order valence-corrected chi connectivity index (χ3v) is 13.0. The second-order valence-electron chi connectivity index (χ2n) is 12.8. The van der Waals surface area contributed by atoms with E-state index in [0.717, 1.165) is 71.2 Å². The molecule has 5 nitrogen and oxygen atoms in total. The van der Waals surface area contributed by atoms with Gasteiger partial charge in [-0.15, -0.1) is 0 Å². The molecule has 1 atom stereocenters. The molecule has 0 saturated heterocycles. The van der Waals surface area contributed by atoms with Crippen molar-refractivity contribution in [3.05, 3.63) is 176 Å². The first kappa shape index (κ1) is 29.5. The van der Waals surface area contributed by atoms with E-state index in [4.69, 9.17) is 15.0 Å². The number of rotatable bonds is 5. The topological polar surface area (TPSA) is 60.7 Å². The Morgan fingerprint density at radius 2 is 0.941 bits per heavy atom. The minimum Gasteiger partial charge on any atom is -0.309 e. The molecule has 0 saturated carbocycles. The molecule has 51 heavy (non-hydrogen) atoms. The van der Waals surface area contributed by atoms with Gasteiger partial charge >= 0.3 is 0 Å². The summed E-state index contributed by atoms with van der Waals surface area (Å²) in [6.07, 6.45) is 0. The van der Waals surface area contributed by atoms with Crippen LogP contribution in [0.5, 0.6) is 0 Å². The molecular weight excluding hydrogens is 643 g/mol. The number of fused-ring (bicyclic) bond motifs is 6.